The van der Waals surface area contributed by atoms with Crippen molar-refractivity contribution in [3.63, 3.8) is 0 Å². The zero-order valence-corrected chi connectivity index (χ0v) is 12.6. The number of nitrogens with two attached hydrogens (primary N) is 1. The zero-order valence-electron chi connectivity index (χ0n) is 12.6. The molecule has 2 atom stereocenters. The van der Waals surface area contributed by atoms with Crippen molar-refractivity contribution in [3.8, 4) is 0 Å². The number of carbonyl (C=O) groups is 1. The maximum Gasteiger partial charge on any atom is 0.236 e. The first-order valence-electron chi connectivity index (χ1n) is 7.88. The maximum absolute atomic E-state index is 13.1. The van der Waals surface area contributed by atoms with Crippen LogP contribution < -0.4 is 5.73 Å². The topological polar surface area (TPSA) is 78.9 Å². The minimum Gasteiger partial charge on any atom is -0.409 e. The van der Waals surface area contributed by atoms with Crippen LogP contribution in [-0.2, 0) is 4.79 Å². The Morgan fingerprint density at radius 3 is 2.40 bits per heavy atom. The normalized spacial score (nSPS) is 26.3. The predicted molar refractivity (Wildman–Crippen MR) is 78.5 cm³/mol. The van der Waals surface area contributed by atoms with Crippen LogP contribution in [0.1, 0.15) is 58.8 Å². The molecule has 1 aliphatic carbocycles. The Labute approximate surface area is 121 Å². The van der Waals surface area contributed by atoms with Crippen LogP contribution in [0, 0.1) is 11.3 Å². The van der Waals surface area contributed by atoms with Gasteiger partial charge in [0, 0.05) is 12.6 Å². The molecule has 2 fully saturated rings. The van der Waals surface area contributed by atoms with Crippen LogP contribution in [0.4, 0.5) is 0 Å². The number of rotatable bonds is 6. The fourth-order valence-electron chi connectivity index (χ4n) is 4.10. The Kier molecular flexibility index (Phi) is 4.55. The molecule has 2 aliphatic rings. The molecule has 114 valence electrons. The third-order valence-electron chi connectivity index (χ3n) is 5.03. The summed E-state index contributed by atoms with van der Waals surface area (Å²) in [5.41, 5.74) is 5.14. The van der Waals surface area contributed by atoms with Gasteiger partial charge in [-0.05, 0) is 38.0 Å². The highest BCUT2D eigenvalue weighted by molar-refractivity contribution is 6.06. The lowest BCUT2D eigenvalue weighted by Gasteiger charge is -2.38. The lowest BCUT2D eigenvalue weighted by atomic mass is 9.76. The largest absolute Gasteiger partial charge is 0.409 e. The van der Waals surface area contributed by atoms with Gasteiger partial charge in [0.15, 0.2) is 5.84 Å². The predicted octanol–water partition coefficient (Wildman–Crippen LogP) is 2.33. The number of hydrogen-bond acceptors (Lipinski definition) is 3. The van der Waals surface area contributed by atoms with Crippen molar-refractivity contribution in [1.29, 1.82) is 0 Å². The van der Waals surface area contributed by atoms with E-state index in [4.69, 9.17) is 10.9 Å². The smallest absolute Gasteiger partial charge is 0.236 e. The van der Waals surface area contributed by atoms with Gasteiger partial charge in [-0.2, -0.15) is 0 Å². The molecule has 5 heteroatoms. The molecule has 2 rings (SSSR count). The minimum absolute atomic E-state index is 0.0868. The maximum atomic E-state index is 13.1. The van der Waals surface area contributed by atoms with Crippen molar-refractivity contribution < 1.29 is 10.0 Å². The number of nitrogens with zero attached hydrogens (tertiary/aromatic N) is 2. The second kappa shape index (κ2) is 6.02. The Bertz CT molecular complexity index is 389. The van der Waals surface area contributed by atoms with Crippen LogP contribution >= 0.6 is 0 Å². The molecule has 0 radical (unpaired) electrons. The van der Waals surface area contributed by atoms with Crippen molar-refractivity contribution in [1.82, 2.24) is 4.90 Å². The summed E-state index contributed by atoms with van der Waals surface area (Å²) in [6.45, 7) is 4.94. The van der Waals surface area contributed by atoms with Crippen molar-refractivity contribution in [3.05, 3.63) is 0 Å². The highest BCUT2D eigenvalue weighted by Gasteiger charge is 2.49. The number of amides is 1. The number of amidine groups is 1. The van der Waals surface area contributed by atoms with Gasteiger partial charge >= 0.3 is 0 Å². The van der Waals surface area contributed by atoms with E-state index in [0.717, 1.165) is 32.2 Å². The van der Waals surface area contributed by atoms with E-state index in [9.17, 15) is 4.79 Å². The van der Waals surface area contributed by atoms with Crippen molar-refractivity contribution in [2.75, 3.05) is 6.54 Å². The molecule has 0 aromatic carbocycles. The molecule has 0 spiro atoms. The number of fused-ring (bicyclic) bond motifs is 2. The van der Waals surface area contributed by atoms with Crippen LogP contribution in [0.3, 0.4) is 0 Å². The van der Waals surface area contributed by atoms with Gasteiger partial charge in [-0.25, -0.2) is 0 Å². The van der Waals surface area contributed by atoms with E-state index < -0.39 is 5.41 Å². The lowest BCUT2D eigenvalue weighted by molar-refractivity contribution is -0.141. The highest BCUT2D eigenvalue weighted by atomic mass is 16.4. The monoisotopic (exact) mass is 281 g/mol. The summed E-state index contributed by atoms with van der Waals surface area (Å²) >= 11 is 0. The summed E-state index contributed by atoms with van der Waals surface area (Å²) < 4.78 is 0. The van der Waals surface area contributed by atoms with Crippen LogP contribution in [0.15, 0.2) is 5.16 Å². The number of hydrogen-bond donors (Lipinski definition) is 2. The van der Waals surface area contributed by atoms with Crippen LogP contribution in [0.25, 0.3) is 0 Å². The molecule has 1 aliphatic heterocycles. The van der Waals surface area contributed by atoms with Crippen molar-refractivity contribution in [2.24, 2.45) is 22.2 Å². The third-order valence-corrected chi connectivity index (χ3v) is 5.03. The van der Waals surface area contributed by atoms with Gasteiger partial charge in [-0.3, -0.25) is 4.79 Å². The molecule has 20 heavy (non-hydrogen) atoms. The molecule has 1 saturated heterocycles. The molecule has 2 unspecified atom stereocenters. The average molecular weight is 281 g/mol. The Balaban J connectivity index is 2.27. The third kappa shape index (κ3) is 2.38. The lowest BCUT2D eigenvalue weighted by Crippen LogP contribution is -2.53. The Hall–Kier alpha value is -1.26. The van der Waals surface area contributed by atoms with Crippen LogP contribution in [0.5, 0.6) is 0 Å². The molecule has 0 aromatic rings. The number of piperidine rings is 1. The van der Waals surface area contributed by atoms with Crippen molar-refractivity contribution in [2.45, 2.75) is 64.8 Å². The van der Waals surface area contributed by atoms with Gasteiger partial charge in [-0.1, -0.05) is 31.8 Å². The first kappa shape index (κ1) is 15.1. The molecular formula is C15H27N3O2. The van der Waals surface area contributed by atoms with E-state index in [-0.39, 0.29) is 11.7 Å². The van der Waals surface area contributed by atoms with Gasteiger partial charge < -0.3 is 15.8 Å². The van der Waals surface area contributed by atoms with E-state index in [0.29, 0.717) is 24.8 Å². The van der Waals surface area contributed by atoms with E-state index in [2.05, 4.69) is 5.16 Å². The molecule has 5 nitrogen and oxygen atoms in total. The van der Waals surface area contributed by atoms with E-state index in [1.54, 1.807) is 0 Å². The molecule has 0 aromatic heterocycles. The summed E-state index contributed by atoms with van der Waals surface area (Å²) in [5, 5.41) is 12.3. The molecular weight excluding hydrogens is 254 g/mol. The van der Waals surface area contributed by atoms with Gasteiger partial charge in [0.05, 0.1) is 0 Å². The number of oxime groups is 1. The zero-order chi connectivity index (χ0) is 14.8. The first-order valence-corrected chi connectivity index (χ1v) is 7.88. The fraction of sp³-hybridized carbons (Fsp3) is 0.867. The van der Waals surface area contributed by atoms with E-state index in [1.807, 2.05) is 18.7 Å². The average Bonchev–Trinajstić information content (AvgIpc) is 3.07. The minimum atomic E-state index is -0.803. The van der Waals surface area contributed by atoms with Crippen molar-refractivity contribution >= 4 is 11.7 Å². The van der Waals surface area contributed by atoms with Gasteiger partial charge in [0.1, 0.15) is 5.41 Å². The van der Waals surface area contributed by atoms with Crippen LogP contribution in [-0.4, -0.2) is 34.4 Å². The molecule has 2 bridgehead atoms. The fourth-order valence-corrected chi connectivity index (χ4v) is 4.10. The quantitative estimate of drug-likeness (QED) is 0.339. The van der Waals surface area contributed by atoms with Gasteiger partial charge in [-0.15, -0.1) is 0 Å². The summed E-state index contributed by atoms with van der Waals surface area (Å²) in [7, 11) is 0. The first-order chi connectivity index (χ1) is 9.58. The summed E-state index contributed by atoms with van der Waals surface area (Å²) in [6.07, 6.45) is 6.50. The molecule has 1 saturated carbocycles. The van der Waals surface area contributed by atoms with Gasteiger partial charge in [0.25, 0.3) is 0 Å². The number of carbonyl (C=O) groups excluding carboxylic acids is 1. The van der Waals surface area contributed by atoms with E-state index in [1.165, 1.54) is 6.42 Å². The second-order valence-electron chi connectivity index (χ2n) is 6.36. The Morgan fingerprint density at radius 2 is 2.00 bits per heavy atom. The number of likely N-dealkylation sites (tertiary alicyclic amines) is 1. The van der Waals surface area contributed by atoms with Crippen LogP contribution in [0.2, 0.25) is 0 Å². The molecule has 3 N–H and O–H groups in total. The van der Waals surface area contributed by atoms with E-state index >= 15 is 0 Å². The SMILES string of the molecule is CCCC(CCC)(C(=O)N1CC2CCC1C2)C(N)=NO. The molecule has 1 heterocycles. The Morgan fingerprint density at radius 1 is 1.35 bits per heavy atom. The standard InChI is InChI=1S/C15H27N3O2/c1-3-7-15(8-4-2,13(16)17-20)14(19)18-10-11-5-6-12(18)9-11/h11-12,20H,3-10H2,1-2H3,(H2,16,17). The highest BCUT2D eigenvalue weighted by Crippen LogP contribution is 2.42. The summed E-state index contributed by atoms with van der Waals surface area (Å²) in [4.78, 5) is 15.1. The summed E-state index contributed by atoms with van der Waals surface area (Å²) in [5.74, 6) is 0.842. The second-order valence-corrected chi connectivity index (χ2v) is 6.36. The summed E-state index contributed by atoms with van der Waals surface area (Å²) in [6, 6.07) is 0.382. The van der Waals surface area contributed by atoms with Gasteiger partial charge in [0.2, 0.25) is 5.91 Å². The molecule has 1 amide bonds.